The van der Waals surface area contributed by atoms with Crippen LogP contribution < -0.4 is 10.5 Å². The van der Waals surface area contributed by atoms with E-state index in [4.69, 9.17) is 22.1 Å². The van der Waals surface area contributed by atoms with Gasteiger partial charge in [-0.25, -0.2) is 9.37 Å². The molecular formula is C11H10ClFN2OS. The Balaban J connectivity index is 2.02. The van der Waals surface area contributed by atoms with Gasteiger partial charge in [0.1, 0.15) is 23.2 Å². The minimum atomic E-state index is -0.387. The molecule has 2 N–H and O–H groups in total. The third kappa shape index (κ3) is 3.15. The van der Waals surface area contributed by atoms with Gasteiger partial charge in [-0.3, -0.25) is 0 Å². The molecule has 0 spiro atoms. The minimum Gasteiger partial charge on any atom is -0.485 e. The van der Waals surface area contributed by atoms with Crippen molar-refractivity contribution in [3.63, 3.8) is 0 Å². The normalized spacial score (nSPS) is 10.5. The van der Waals surface area contributed by atoms with Gasteiger partial charge in [0, 0.05) is 17.6 Å². The lowest BCUT2D eigenvalue weighted by molar-refractivity contribution is 0.305. The Labute approximate surface area is 107 Å². The summed E-state index contributed by atoms with van der Waals surface area (Å²) in [5, 5.41) is 1.06. The molecule has 1 heterocycles. The molecule has 0 saturated heterocycles. The summed E-state index contributed by atoms with van der Waals surface area (Å²) in [5.74, 6) is 0.0552. The molecule has 0 atom stereocenters. The largest absolute Gasteiger partial charge is 0.485 e. The highest BCUT2D eigenvalue weighted by Gasteiger charge is 2.05. The van der Waals surface area contributed by atoms with Gasteiger partial charge in [-0.2, -0.15) is 0 Å². The summed E-state index contributed by atoms with van der Waals surface area (Å²) in [6.45, 7) is 0.769. The Bertz CT molecular complexity index is 518. The zero-order chi connectivity index (χ0) is 12.3. The fourth-order valence-corrected chi connectivity index (χ4v) is 2.18. The Morgan fingerprint density at radius 2 is 2.29 bits per heavy atom. The number of hydrogen-bond donors (Lipinski definition) is 1. The number of ether oxygens (including phenoxy) is 1. The van der Waals surface area contributed by atoms with E-state index in [1.54, 1.807) is 6.20 Å². The molecular weight excluding hydrogens is 263 g/mol. The van der Waals surface area contributed by atoms with Crippen LogP contribution in [-0.4, -0.2) is 4.98 Å². The van der Waals surface area contributed by atoms with Gasteiger partial charge in [-0.15, -0.1) is 11.3 Å². The third-order valence-electron chi connectivity index (χ3n) is 2.05. The SMILES string of the molecule is NCc1cnc(COc2ccc(F)cc2Cl)s1. The van der Waals surface area contributed by atoms with Gasteiger partial charge in [0.15, 0.2) is 0 Å². The molecule has 2 aromatic rings. The van der Waals surface area contributed by atoms with Crippen molar-refractivity contribution in [3.8, 4) is 5.75 Å². The molecule has 0 aliphatic heterocycles. The van der Waals surface area contributed by atoms with Gasteiger partial charge in [0.2, 0.25) is 0 Å². The van der Waals surface area contributed by atoms with Gasteiger partial charge in [0.25, 0.3) is 0 Å². The molecule has 0 amide bonds. The first-order chi connectivity index (χ1) is 8.19. The van der Waals surface area contributed by atoms with Gasteiger partial charge in [-0.05, 0) is 18.2 Å². The Morgan fingerprint density at radius 3 is 2.94 bits per heavy atom. The molecule has 17 heavy (non-hydrogen) atoms. The molecule has 0 aliphatic rings. The van der Waals surface area contributed by atoms with E-state index in [9.17, 15) is 4.39 Å². The molecule has 1 aromatic carbocycles. The van der Waals surface area contributed by atoms with Crippen LogP contribution in [0.25, 0.3) is 0 Å². The predicted molar refractivity (Wildman–Crippen MR) is 65.7 cm³/mol. The van der Waals surface area contributed by atoms with Gasteiger partial charge < -0.3 is 10.5 Å². The molecule has 2 rings (SSSR count). The van der Waals surface area contributed by atoms with Crippen molar-refractivity contribution in [1.29, 1.82) is 0 Å². The number of rotatable bonds is 4. The quantitative estimate of drug-likeness (QED) is 0.931. The Kier molecular flexibility index (Phi) is 3.93. The van der Waals surface area contributed by atoms with Crippen molar-refractivity contribution in [2.45, 2.75) is 13.2 Å². The minimum absolute atomic E-state index is 0.251. The summed E-state index contributed by atoms with van der Waals surface area (Å²) in [5.41, 5.74) is 5.48. The van der Waals surface area contributed by atoms with E-state index in [2.05, 4.69) is 4.98 Å². The third-order valence-corrected chi connectivity index (χ3v) is 3.34. The summed E-state index contributed by atoms with van der Waals surface area (Å²) in [4.78, 5) is 5.14. The predicted octanol–water partition coefficient (Wildman–Crippen LogP) is 2.97. The van der Waals surface area contributed by atoms with E-state index >= 15 is 0 Å². The first-order valence-electron chi connectivity index (χ1n) is 4.90. The molecule has 1 aromatic heterocycles. The maximum Gasteiger partial charge on any atom is 0.140 e. The molecule has 0 fully saturated rings. The zero-order valence-electron chi connectivity index (χ0n) is 8.82. The summed E-state index contributed by atoms with van der Waals surface area (Å²) >= 11 is 7.31. The highest BCUT2D eigenvalue weighted by atomic mass is 35.5. The van der Waals surface area contributed by atoms with Gasteiger partial charge in [0.05, 0.1) is 5.02 Å². The summed E-state index contributed by atoms with van der Waals surface area (Å²) in [6, 6.07) is 4.01. The second-order valence-electron chi connectivity index (χ2n) is 3.29. The van der Waals surface area contributed by atoms with Gasteiger partial charge in [-0.1, -0.05) is 11.6 Å². The van der Waals surface area contributed by atoms with Crippen molar-refractivity contribution in [2.24, 2.45) is 5.73 Å². The van der Waals surface area contributed by atoms with Crippen molar-refractivity contribution in [3.05, 3.63) is 45.1 Å². The molecule has 90 valence electrons. The average molecular weight is 273 g/mol. The highest BCUT2D eigenvalue weighted by molar-refractivity contribution is 7.11. The topological polar surface area (TPSA) is 48.1 Å². The van der Waals surface area contributed by atoms with Gasteiger partial charge >= 0.3 is 0 Å². The number of thiazole rings is 1. The Morgan fingerprint density at radius 1 is 1.47 bits per heavy atom. The number of halogens is 2. The van der Waals surface area contributed by atoms with E-state index in [1.165, 1.54) is 29.5 Å². The van der Waals surface area contributed by atoms with E-state index in [0.717, 1.165) is 9.88 Å². The summed E-state index contributed by atoms with van der Waals surface area (Å²) in [6.07, 6.45) is 1.72. The van der Waals surface area contributed by atoms with Crippen LogP contribution in [0.3, 0.4) is 0 Å². The lowest BCUT2D eigenvalue weighted by atomic mass is 10.3. The lowest BCUT2D eigenvalue weighted by Gasteiger charge is -2.05. The van der Waals surface area contributed by atoms with E-state index < -0.39 is 0 Å². The molecule has 0 aliphatic carbocycles. The number of nitrogens with two attached hydrogens (primary N) is 1. The van der Waals surface area contributed by atoms with Crippen molar-refractivity contribution in [1.82, 2.24) is 4.98 Å². The fourth-order valence-electron chi connectivity index (χ4n) is 1.24. The zero-order valence-corrected chi connectivity index (χ0v) is 10.4. The first kappa shape index (κ1) is 12.3. The molecule has 6 heteroatoms. The number of aromatic nitrogens is 1. The summed E-state index contributed by atoms with van der Waals surface area (Å²) in [7, 11) is 0. The van der Waals surface area contributed by atoms with Crippen LogP contribution in [0.2, 0.25) is 5.02 Å². The van der Waals surface area contributed by atoms with Crippen molar-refractivity contribution < 1.29 is 9.13 Å². The van der Waals surface area contributed by atoms with Crippen molar-refractivity contribution >= 4 is 22.9 Å². The van der Waals surface area contributed by atoms with Crippen LogP contribution in [0.1, 0.15) is 9.88 Å². The number of nitrogens with zero attached hydrogens (tertiary/aromatic N) is 1. The lowest BCUT2D eigenvalue weighted by Crippen LogP contribution is -1.95. The highest BCUT2D eigenvalue weighted by Crippen LogP contribution is 2.26. The van der Waals surface area contributed by atoms with E-state index in [0.29, 0.717) is 18.9 Å². The molecule has 0 radical (unpaired) electrons. The molecule has 3 nitrogen and oxygen atoms in total. The van der Waals surface area contributed by atoms with E-state index in [-0.39, 0.29) is 10.8 Å². The molecule has 0 bridgehead atoms. The number of benzene rings is 1. The van der Waals surface area contributed by atoms with Crippen LogP contribution >= 0.6 is 22.9 Å². The standard InChI is InChI=1S/C11H10ClFN2OS/c12-9-3-7(13)1-2-10(9)16-6-11-15-5-8(4-14)17-11/h1-3,5H,4,6,14H2. The maximum atomic E-state index is 12.8. The van der Waals surface area contributed by atoms with Crippen LogP contribution in [0, 0.1) is 5.82 Å². The molecule has 0 saturated carbocycles. The number of hydrogen-bond acceptors (Lipinski definition) is 4. The first-order valence-corrected chi connectivity index (χ1v) is 6.10. The second kappa shape index (κ2) is 5.44. The smallest absolute Gasteiger partial charge is 0.140 e. The summed E-state index contributed by atoms with van der Waals surface area (Å²) < 4.78 is 18.2. The second-order valence-corrected chi connectivity index (χ2v) is 4.89. The Hall–Kier alpha value is -1.17. The maximum absolute atomic E-state index is 12.8. The van der Waals surface area contributed by atoms with Crippen LogP contribution in [0.4, 0.5) is 4.39 Å². The van der Waals surface area contributed by atoms with Crippen LogP contribution in [0.15, 0.2) is 24.4 Å². The van der Waals surface area contributed by atoms with Crippen molar-refractivity contribution in [2.75, 3.05) is 0 Å². The molecule has 0 unspecified atom stereocenters. The fraction of sp³-hybridized carbons (Fsp3) is 0.182. The monoisotopic (exact) mass is 272 g/mol. The van der Waals surface area contributed by atoms with E-state index in [1.807, 2.05) is 0 Å². The van der Waals surface area contributed by atoms with Crippen LogP contribution in [0.5, 0.6) is 5.75 Å². The average Bonchev–Trinajstić information content (AvgIpc) is 2.76. The van der Waals surface area contributed by atoms with Crippen LogP contribution in [-0.2, 0) is 13.2 Å².